The fourth-order valence-electron chi connectivity index (χ4n) is 7.63. The van der Waals surface area contributed by atoms with Crippen LogP contribution in [0.3, 0.4) is 0 Å². The summed E-state index contributed by atoms with van der Waals surface area (Å²) in [7, 11) is 0. The Morgan fingerprint density at radius 1 is 0.773 bits per heavy atom. The van der Waals surface area contributed by atoms with Gasteiger partial charge < -0.3 is 4.74 Å². The van der Waals surface area contributed by atoms with Crippen molar-refractivity contribution in [1.82, 2.24) is 5.01 Å². The van der Waals surface area contributed by atoms with E-state index in [1.54, 1.807) is 0 Å². The molecule has 0 spiro atoms. The minimum atomic E-state index is 0.00364. The van der Waals surface area contributed by atoms with Gasteiger partial charge in [0.1, 0.15) is 23.6 Å². The summed E-state index contributed by atoms with van der Waals surface area (Å²) in [6, 6.07) is 28.1. The van der Waals surface area contributed by atoms with Gasteiger partial charge in [-0.05, 0) is 58.0 Å². The number of rotatable bonds is 3. The number of fused-ring (bicyclic) bond motifs is 6. The highest BCUT2D eigenvalue weighted by atomic mass is 16.5. The molecule has 3 heterocycles. The van der Waals surface area contributed by atoms with E-state index in [1.807, 2.05) is 30.3 Å². The molecule has 0 bridgehead atoms. The average Bonchev–Trinajstić information content (AvgIpc) is 3.38. The monoisotopic (exact) mass is 572 g/mol. The zero-order valence-electron chi connectivity index (χ0n) is 25.2. The second-order valence-electron chi connectivity index (χ2n) is 13.2. The molecule has 3 aromatic rings. The van der Waals surface area contributed by atoms with Crippen molar-refractivity contribution in [1.29, 1.82) is 0 Å². The molecule has 6 aliphatic rings. The van der Waals surface area contributed by atoms with Crippen LogP contribution in [0.15, 0.2) is 156 Å². The quantitative estimate of drug-likeness (QED) is 0.295. The van der Waals surface area contributed by atoms with E-state index in [2.05, 4.69) is 139 Å². The molecule has 44 heavy (non-hydrogen) atoms. The molecule has 0 aromatic heterocycles. The zero-order valence-corrected chi connectivity index (χ0v) is 25.2. The maximum Gasteiger partial charge on any atom is 0.214 e. The molecule has 3 atom stereocenters. The Morgan fingerprint density at radius 3 is 2.27 bits per heavy atom. The fraction of sp³-hybridized carbons (Fsp3) is 0.175. The van der Waals surface area contributed by atoms with Crippen LogP contribution >= 0.6 is 0 Å². The lowest BCUT2D eigenvalue weighted by molar-refractivity contribution is -0.402. The van der Waals surface area contributed by atoms with E-state index in [4.69, 9.17) is 4.74 Å². The van der Waals surface area contributed by atoms with Crippen LogP contribution in [0.5, 0.6) is 5.75 Å². The van der Waals surface area contributed by atoms with Gasteiger partial charge >= 0.3 is 0 Å². The number of allylic oxidation sites excluding steroid dienone is 5. The van der Waals surface area contributed by atoms with E-state index in [9.17, 15) is 0 Å². The Labute approximate surface area is 258 Å². The number of hydrogen-bond acceptors (Lipinski definition) is 3. The van der Waals surface area contributed by atoms with E-state index in [1.165, 1.54) is 44.9 Å². The third kappa shape index (κ3) is 3.64. The van der Waals surface area contributed by atoms with Gasteiger partial charge in [0.15, 0.2) is 0 Å². The summed E-state index contributed by atoms with van der Waals surface area (Å²) in [6.07, 6.45) is 20.5. The average molecular weight is 573 g/mol. The lowest BCUT2D eigenvalue weighted by Crippen LogP contribution is -2.66. The summed E-state index contributed by atoms with van der Waals surface area (Å²) in [6.45, 7) is 6.90. The van der Waals surface area contributed by atoms with Gasteiger partial charge in [-0.3, -0.25) is 5.01 Å². The van der Waals surface area contributed by atoms with Crippen molar-refractivity contribution in [2.24, 2.45) is 0 Å². The molecule has 4 heteroatoms. The first-order chi connectivity index (χ1) is 21.5. The van der Waals surface area contributed by atoms with E-state index in [-0.39, 0.29) is 23.5 Å². The molecule has 0 fully saturated rings. The normalized spacial score (nSPS) is 24.3. The second kappa shape index (κ2) is 9.28. The van der Waals surface area contributed by atoms with Gasteiger partial charge in [0.05, 0.1) is 17.8 Å². The van der Waals surface area contributed by atoms with Crippen molar-refractivity contribution in [3.05, 3.63) is 167 Å². The number of hydrazine groups is 1. The number of ether oxygens (including phenoxy) is 1. The highest BCUT2D eigenvalue weighted by Gasteiger charge is 2.57. The van der Waals surface area contributed by atoms with Crippen LogP contribution in [-0.2, 0) is 5.41 Å². The molecule has 3 aliphatic carbocycles. The van der Waals surface area contributed by atoms with Crippen molar-refractivity contribution in [2.45, 2.75) is 44.3 Å². The summed E-state index contributed by atoms with van der Waals surface area (Å²) in [4.78, 5) is 0. The number of para-hydroxylation sites is 2. The van der Waals surface area contributed by atoms with E-state index >= 15 is 0 Å². The van der Waals surface area contributed by atoms with Crippen LogP contribution in [0.4, 0.5) is 11.4 Å². The Balaban J connectivity index is 1.28. The van der Waals surface area contributed by atoms with E-state index in [0.29, 0.717) is 0 Å². The molecular weight excluding hydrogens is 538 g/mol. The molecule has 9 rings (SSSR count). The van der Waals surface area contributed by atoms with Crippen molar-refractivity contribution in [2.75, 3.05) is 5.01 Å². The van der Waals surface area contributed by atoms with Crippen LogP contribution in [-0.4, -0.2) is 33.4 Å². The first-order valence-corrected chi connectivity index (χ1v) is 15.6. The number of hydrogen-bond donors (Lipinski definition) is 0. The van der Waals surface area contributed by atoms with Crippen LogP contribution in [0.25, 0.3) is 5.57 Å². The van der Waals surface area contributed by atoms with Gasteiger partial charge in [0.2, 0.25) is 17.1 Å². The molecule has 0 amide bonds. The highest BCUT2D eigenvalue weighted by molar-refractivity contribution is 6.02. The van der Waals surface area contributed by atoms with Crippen molar-refractivity contribution in [3.8, 4) is 5.75 Å². The van der Waals surface area contributed by atoms with Crippen LogP contribution in [0.1, 0.15) is 31.9 Å². The zero-order chi connectivity index (χ0) is 29.6. The van der Waals surface area contributed by atoms with Gasteiger partial charge in [-0.2, -0.15) is 9.58 Å². The lowest BCUT2D eigenvalue weighted by Gasteiger charge is -2.52. The molecule has 0 N–H and O–H groups in total. The third-order valence-electron chi connectivity index (χ3n) is 9.60. The largest absolute Gasteiger partial charge is 0.457 e. The predicted molar refractivity (Wildman–Crippen MR) is 178 cm³/mol. The summed E-state index contributed by atoms with van der Waals surface area (Å²) >= 11 is 0. The number of anilines is 1. The summed E-state index contributed by atoms with van der Waals surface area (Å²) in [5.74, 6) is 1.67. The van der Waals surface area contributed by atoms with E-state index < -0.39 is 0 Å². The highest BCUT2D eigenvalue weighted by Crippen LogP contribution is 2.54. The van der Waals surface area contributed by atoms with Gasteiger partial charge in [-0.15, -0.1) is 0 Å². The molecular formula is C40H34N3O+. The van der Waals surface area contributed by atoms with Crippen molar-refractivity contribution >= 4 is 22.7 Å². The minimum absolute atomic E-state index is 0.00364. The van der Waals surface area contributed by atoms with Crippen molar-refractivity contribution < 1.29 is 9.31 Å². The third-order valence-corrected chi connectivity index (χ3v) is 9.60. The SMILES string of the molecule is CC(C)(C)c1ccc2c(c1)C1=CC=CC3=C4C=CC=C5C4N(C4C=CC(Oc6ccccc6)=CC4=[N+]5c4ccccc4)N2C13. The molecule has 214 valence electrons. The maximum atomic E-state index is 6.41. The van der Waals surface area contributed by atoms with Gasteiger partial charge in [0.25, 0.3) is 0 Å². The number of nitrogens with zero attached hydrogens (tertiary/aromatic N) is 3. The Bertz CT molecular complexity index is 1980. The van der Waals surface area contributed by atoms with Crippen LogP contribution < -0.4 is 9.75 Å². The molecule has 4 nitrogen and oxygen atoms in total. The lowest BCUT2D eigenvalue weighted by atomic mass is 9.80. The Hall–Kier alpha value is -4.93. The van der Waals surface area contributed by atoms with E-state index in [0.717, 1.165) is 17.2 Å². The summed E-state index contributed by atoms with van der Waals surface area (Å²) in [5.41, 5.74) is 11.8. The molecule has 0 saturated carbocycles. The number of benzene rings is 3. The second-order valence-corrected chi connectivity index (χ2v) is 13.2. The molecule has 3 aromatic carbocycles. The first-order valence-electron chi connectivity index (χ1n) is 15.6. The Morgan fingerprint density at radius 2 is 1.50 bits per heavy atom. The topological polar surface area (TPSA) is 18.7 Å². The van der Waals surface area contributed by atoms with Crippen LogP contribution in [0, 0.1) is 0 Å². The minimum Gasteiger partial charge on any atom is -0.457 e. The molecule has 3 aliphatic heterocycles. The van der Waals surface area contributed by atoms with Gasteiger partial charge in [-0.25, -0.2) is 0 Å². The molecule has 3 unspecified atom stereocenters. The smallest absolute Gasteiger partial charge is 0.214 e. The molecule has 0 saturated heterocycles. The van der Waals surface area contributed by atoms with Gasteiger partial charge in [-0.1, -0.05) is 99.7 Å². The van der Waals surface area contributed by atoms with Crippen LogP contribution in [0.2, 0.25) is 0 Å². The molecule has 0 radical (unpaired) electrons. The predicted octanol–water partition coefficient (Wildman–Crippen LogP) is 8.18. The standard InChI is InChI=1S/C40H34N3O/c1-40(2,3)26-20-22-34-33(24-26)32-17-10-16-30-31-18-11-19-36-39(31)43(42(34)38(30)32)35-23-21-29(44-28-14-8-5-9-15-28)25-37(35)41(36)27-12-6-4-7-13-27/h4-25,35,38-39H,1-3H3/q+1. The summed E-state index contributed by atoms with van der Waals surface area (Å²) in [5, 5.41) is 5.23. The summed E-state index contributed by atoms with van der Waals surface area (Å²) < 4.78 is 8.87. The van der Waals surface area contributed by atoms with Crippen molar-refractivity contribution in [3.63, 3.8) is 0 Å². The first kappa shape index (κ1) is 25.6. The fourth-order valence-corrected chi connectivity index (χ4v) is 7.63. The maximum absolute atomic E-state index is 6.41. The van der Waals surface area contributed by atoms with Gasteiger partial charge in [0, 0.05) is 23.8 Å². The Kier molecular flexibility index (Phi) is 5.39.